The van der Waals surface area contributed by atoms with Gasteiger partial charge in [-0.25, -0.2) is 24.2 Å². The van der Waals surface area contributed by atoms with E-state index in [1.54, 1.807) is 69.2 Å². The van der Waals surface area contributed by atoms with Crippen LogP contribution >= 0.6 is 27.3 Å². The summed E-state index contributed by atoms with van der Waals surface area (Å²) in [5, 5.41) is 10.6. The summed E-state index contributed by atoms with van der Waals surface area (Å²) in [6.45, 7) is 17.6. The number of rotatable bonds is 13. The lowest BCUT2D eigenvalue weighted by Gasteiger charge is -2.34. The number of nitrogens with one attached hydrogen (secondary N) is 1. The molecule has 0 aliphatic rings. The number of guanidine groups is 1. The van der Waals surface area contributed by atoms with E-state index in [4.69, 9.17) is 24.4 Å². The molecule has 1 rings (SSSR count). The van der Waals surface area contributed by atoms with Crippen molar-refractivity contribution >= 4 is 57.2 Å². The van der Waals surface area contributed by atoms with Gasteiger partial charge in [0.2, 0.25) is 5.96 Å². The summed E-state index contributed by atoms with van der Waals surface area (Å²) < 4.78 is 22.8. The fourth-order valence-electron chi connectivity index (χ4n) is 3.69. The van der Waals surface area contributed by atoms with Gasteiger partial charge >= 0.3 is 18.3 Å². The van der Waals surface area contributed by atoms with Crippen molar-refractivity contribution in [2.75, 3.05) is 25.0 Å². The molecule has 256 valence electrons. The number of hydrogen-bond donors (Lipinski definition) is 1. The molecule has 13 heteroatoms. The lowest BCUT2D eigenvalue weighted by Crippen LogP contribution is -2.53. The van der Waals surface area contributed by atoms with Crippen LogP contribution in [0.1, 0.15) is 112 Å². The molecule has 0 fully saturated rings. The zero-order valence-electron chi connectivity index (χ0n) is 28.7. The number of carbonyl (C=O) groups is 3. The molecule has 0 aromatic carbocycles. The van der Waals surface area contributed by atoms with Crippen LogP contribution in [-0.2, 0) is 25.6 Å². The van der Waals surface area contributed by atoms with Gasteiger partial charge in [0.25, 0.3) is 0 Å². The fourth-order valence-corrected chi connectivity index (χ4v) is 4.96. The zero-order valence-corrected chi connectivity index (χ0v) is 31.1. The molecule has 1 heterocycles. The number of unbranched alkanes of at least 4 members (excludes halogenated alkanes) is 4. The number of ether oxygens (including phenoxy) is 4. The molecule has 0 bridgehead atoms. The van der Waals surface area contributed by atoms with Crippen LogP contribution in [0.15, 0.2) is 16.4 Å². The van der Waals surface area contributed by atoms with Gasteiger partial charge in [0.05, 0.1) is 19.8 Å². The second-order valence-electron chi connectivity index (χ2n) is 13.6. The van der Waals surface area contributed by atoms with Crippen LogP contribution in [0, 0.1) is 5.41 Å². The largest absolute Gasteiger partial charge is 0.443 e. The maximum Gasteiger partial charge on any atom is 0.437 e. The summed E-state index contributed by atoms with van der Waals surface area (Å²) >= 11 is 4.92. The molecule has 1 N–H and O–H groups in total. The lowest BCUT2D eigenvalue weighted by molar-refractivity contribution is 0.0226. The van der Waals surface area contributed by atoms with Gasteiger partial charge in [0, 0.05) is 33.4 Å². The second-order valence-corrected chi connectivity index (χ2v) is 15.4. The van der Waals surface area contributed by atoms with Crippen molar-refractivity contribution in [2.24, 2.45) is 4.99 Å². The fraction of sp³-hybridized carbons (Fsp3) is 0.719. The number of carbonyl (C=O) groups excluding carboxylic acids is 3. The highest BCUT2D eigenvalue weighted by atomic mass is 79.9. The Morgan fingerprint density at radius 2 is 1.33 bits per heavy atom. The van der Waals surface area contributed by atoms with E-state index in [1.807, 2.05) is 11.4 Å². The van der Waals surface area contributed by atoms with Gasteiger partial charge < -0.3 is 24.4 Å². The van der Waals surface area contributed by atoms with Crippen molar-refractivity contribution in [1.29, 1.82) is 5.41 Å². The van der Waals surface area contributed by atoms with E-state index < -0.39 is 35.1 Å². The Morgan fingerprint density at radius 1 is 0.822 bits per heavy atom. The molecule has 0 radical (unpaired) electrons. The molecule has 0 saturated carbocycles. The smallest absolute Gasteiger partial charge is 0.437 e. The topological polar surface area (TPSA) is 131 Å². The van der Waals surface area contributed by atoms with Gasteiger partial charge in [-0.05, 0) is 88.1 Å². The van der Waals surface area contributed by atoms with Gasteiger partial charge in [-0.3, -0.25) is 0 Å². The van der Waals surface area contributed by atoms with E-state index in [2.05, 4.69) is 20.9 Å². The maximum atomic E-state index is 13.7. The predicted octanol–water partition coefficient (Wildman–Crippen LogP) is 8.76. The van der Waals surface area contributed by atoms with Crippen LogP contribution in [0.2, 0.25) is 0 Å². The van der Waals surface area contributed by atoms with E-state index in [0.717, 1.165) is 46.4 Å². The third-order valence-corrected chi connectivity index (χ3v) is 7.07. The zero-order chi connectivity index (χ0) is 34.4. The number of halogens is 1. The van der Waals surface area contributed by atoms with Gasteiger partial charge in [0.15, 0.2) is 0 Å². The minimum Gasteiger partial charge on any atom is -0.443 e. The number of amides is 3. The molecular weight excluding hydrogens is 664 g/mol. The van der Waals surface area contributed by atoms with Gasteiger partial charge in [-0.2, -0.15) is 0 Å². The highest BCUT2D eigenvalue weighted by molar-refractivity contribution is 9.09. The van der Waals surface area contributed by atoms with Crippen molar-refractivity contribution in [1.82, 2.24) is 9.80 Å². The average molecular weight is 718 g/mol. The Morgan fingerprint density at radius 3 is 1.82 bits per heavy atom. The van der Waals surface area contributed by atoms with Crippen molar-refractivity contribution < 1.29 is 33.3 Å². The first-order valence-corrected chi connectivity index (χ1v) is 17.3. The van der Waals surface area contributed by atoms with Crippen LogP contribution in [-0.4, -0.2) is 81.6 Å². The summed E-state index contributed by atoms with van der Waals surface area (Å²) in [5.41, 5.74) is -1.32. The summed E-state index contributed by atoms with van der Waals surface area (Å²) in [4.78, 5) is 47.9. The van der Waals surface area contributed by atoms with Crippen LogP contribution < -0.4 is 0 Å². The number of hydrogen-bond acceptors (Lipinski definition) is 9. The third kappa shape index (κ3) is 17.7. The molecule has 0 unspecified atom stereocenters. The minimum atomic E-state index is -0.967. The van der Waals surface area contributed by atoms with E-state index in [-0.39, 0.29) is 32.3 Å². The summed E-state index contributed by atoms with van der Waals surface area (Å²) in [6.07, 6.45) is 1.90. The second kappa shape index (κ2) is 18.6. The molecule has 0 atom stereocenters. The maximum absolute atomic E-state index is 13.7. The summed E-state index contributed by atoms with van der Waals surface area (Å²) in [7, 11) is 0. The highest BCUT2D eigenvalue weighted by Gasteiger charge is 2.35. The molecule has 1 aromatic rings. The van der Waals surface area contributed by atoms with Crippen LogP contribution in [0.4, 0.5) is 14.4 Å². The highest BCUT2D eigenvalue weighted by Crippen LogP contribution is 2.19. The first-order chi connectivity index (χ1) is 20.7. The van der Waals surface area contributed by atoms with Crippen molar-refractivity contribution in [3.05, 3.63) is 21.9 Å². The predicted molar refractivity (Wildman–Crippen MR) is 183 cm³/mol. The standard InChI is InChI=1S/C32H53BrN4O7S/c1-23(34)24-20-25(45-22-24)21-41-19-18-37(29(40)44-32(8,9)10)26(35-27(38)42-30(2,3)4)36(28(39)43-31(5,6)7)17-15-13-11-12-14-16-33/h20,22,34H,11-19,21H2,1-10H3. The number of alkyl halides is 1. The summed E-state index contributed by atoms with van der Waals surface area (Å²) in [6, 6.07) is 1.89. The van der Waals surface area contributed by atoms with E-state index in [0.29, 0.717) is 12.1 Å². The van der Waals surface area contributed by atoms with E-state index >= 15 is 0 Å². The molecule has 3 amide bonds. The molecule has 0 aliphatic heterocycles. The van der Waals surface area contributed by atoms with Crippen LogP contribution in [0.3, 0.4) is 0 Å². The first-order valence-electron chi connectivity index (χ1n) is 15.3. The van der Waals surface area contributed by atoms with E-state index in [9.17, 15) is 14.4 Å². The SMILES string of the molecule is CC(=N)c1csc(COCCN(C(=O)OC(C)(C)C)C(=NC(=O)OC(C)(C)C)N(CCCCCCCBr)C(=O)OC(C)(C)C)c1. The minimum absolute atomic E-state index is 0.0398. The van der Waals surface area contributed by atoms with Gasteiger partial charge in [0.1, 0.15) is 16.8 Å². The Kier molecular flexibility index (Phi) is 16.7. The van der Waals surface area contributed by atoms with Crippen LogP contribution in [0.25, 0.3) is 0 Å². The molecule has 1 aromatic heterocycles. The Bertz CT molecular complexity index is 1150. The van der Waals surface area contributed by atoms with Crippen molar-refractivity contribution in [3.63, 3.8) is 0 Å². The monoisotopic (exact) mass is 716 g/mol. The molecule has 0 spiro atoms. The average Bonchev–Trinajstić information content (AvgIpc) is 3.33. The molecule has 45 heavy (non-hydrogen) atoms. The van der Waals surface area contributed by atoms with Gasteiger partial charge in [-0.15, -0.1) is 16.3 Å². The van der Waals surface area contributed by atoms with Gasteiger partial charge in [-0.1, -0.05) is 35.2 Å². The summed E-state index contributed by atoms with van der Waals surface area (Å²) in [5.74, 6) is -0.255. The lowest BCUT2D eigenvalue weighted by atomic mass is 10.1. The molecule has 0 saturated heterocycles. The quantitative estimate of drug-likeness (QED) is 0.0710. The van der Waals surface area contributed by atoms with Crippen LogP contribution in [0.5, 0.6) is 0 Å². The van der Waals surface area contributed by atoms with Crippen molar-refractivity contribution in [2.45, 2.75) is 125 Å². The molecular formula is C32H53BrN4O7S. The number of thiophene rings is 1. The normalized spacial score (nSPS) is 12.5. The van der Waals surface area contributed by atoms with E-state index in [1.165, 1.54) is 16.2 Å². The Balaban J connectivity index is 3.49. The van der Waals surface area contributed by atoms with Crippen molar-refractivity contribution in [3.8, 4) is 0 Å². The first kappa shape index (κ1) is 40.5. The Labute approximate surface area is 281 Å². The molecule has 0 aliphatic carbocycles. The Hall–Kier alpha value is -2.51. The third-order valence-electron chi connectivity index (χ3n) is 5.60. The number of nitrogens with zero attached hydrogens (tertiary/aromatic N) is 3. The molecule has 11 nitrogen and oxygen atoms in total. The number of aliphatic imine (C=N–C) groups is 1.